The Morgan fingerprint density at radius 3 is 2.80 bits per heavy atom. The topological polar surface area (TPSA) is 72.2 Å². The van der Waals surface area contributed by atoms with Crippen molar-refractivity contribution in [3.05, 3.63) is 17.5 Å². The summed E-state index contributed by atoms with van der Waals surface area (Å²) in [6, 6.07) is 2.04. The van der Waals surface area contributed by atoms with Gasteiger partial charge in [0.1, 0.15) is 0 Å². The summed E-state index contributed by atoms with van der Waals surface area (Å²) >= 11 is 0. The van der Waals surface area contributed by atoms with Crippen molar-refractivity contribution in [2.75, 3.05) is 11.5 Å². The largest absolute Gasteiger partial charge is 0.393 e. The van der Waals surface area contributed by atoms with Crippen LogP contribution >= 0.6 is 0 Å². The Morgan fingerprint density at radius 1 is 1.50 bits per heavy atom. The fraction of sp³-hybridized carbons (Fsp3) is 0.786. The summed E-state index contributed by atoms with van der Waals surface area (Å²) in [7, 11) is -2.86. The zero-order valence-electron chi connectivity index (χ0n) is 12.2. The van der Waals surface area contributed by atoms with E-state index in [4.69, 9.17) is 0 Å². The lowest BCUT2D eigenvalue weighted by atomic mass is 9.98. The summed E-state index contributed by atoms with van der Waals surface area (Å²) in [5, 5.41) is 14.7. The third-order valence-corrected chi connectivity index (χ3v) is 5.79. The molecule has 20 heavy (non-hydrogen) atoms. The van der Waals surface area contributed by atoms with Crippen LogP contribution in [0.15, 0.2) is 6.07 Å². The van der Waals surface area contributed by atoms with E-state index in [-0.39, 0.29) is 17.4 Å². The molecule has 1 aromatic heterocycles. The van der Waals surface area contributed by atoms with Gasteiger partial charge in [0.2, 0.25) is 0 Å². The van der Waals surface area contributed by atoms with Crippen LogP contribution in [0.1, 0.15) is 38.1 Å². The molecule has 0 amide bonds. The van der Waals surface area contributed by atoms with Gasteiger partial charge in [-0.1, -0.05) is 6.92 Å². The highest BCUT2D eigenvalue weighted by Crippen LogP contribution is 2.24. The van der Waals surface area contributed by atoms with E-state index >= 15 is 0 Å². The molecule has 1 fully saturated rings. The number of sulfone groups is 1. The number of aromatic nitrogens is 2. The Hall–Kier alpha value is -0.880. The van der Waals surface area contributed by atoms with Crippen LogP contribution < -0.4 is 0 Å². The van der Waals surface area contributed by atoms with Crippen molar-refractivity contribution in [1.29, 1.82) is 0 Å². The Labute approximate surface area is 120 Å². The van der Waals surface area contributed by atoms with E-state index in [9.17, 15) is 13.5 Å². The van der Waals surface area contributed by atoms with Crippen molar-refractivity contribution in [3.8, 4) is 0 Å². The van der Waals surface area contributed by atoms with Crippen LogP contribution in [0.3, 0.4) is 0 Å². The fourth-order valence-corrected chi connectivity index (χ4v) is 4.77. The molecular weight excluding hydrogens is 276 g/mol. The highest BCUT2D eigenvalue weighted by Gasteiger charge is 2.29. The van der Waals surface area contributed by atoms with Gasteiger partial charge < -0.3 is 5.11 Å². The molecule has 0 aliphatic carbocycles. The van der Waals surface area contributed by atoms with Gasteiger partial charge in [0.25, 0.3) is 0 Å². The van der Waals surface area contributed by atoms with Crippen LogP contribution in [-0.2, 0) is 29.2 Å². The van der Waals surface area contributed by atoms with Crippen molar-refractivity contribution in [3.63, 3.8) is 0 Å². The highest BCUT2D eigenvalue weighted by atomic mass is 32.2. The molecule has 1 aliphatic heterocycles. The van der Waals surface area contributed by atoms with Crippen LogP contribution in [0.4, 0.5) is 0 Å². The fourth-order valence-electron chi connectivity index (χ4n) is 2.89. The molecule has 2 heterocycles. The van der Waals surface area contributed by atoms with Gasteiger partial charge in [0, 0.05) is 18.7 Å². The van der Waals surface area contributed by atoms with E-state index < -0.39 is 15.9 Å². The lowest BCUT2D eigenvalue weighted by Crippen LogP contribution is -2.19. The predicted molar refractivity (Wildman–Crippen MR) is 78.4 cm³/mol. The van der Waals surface area contributed by atoms with Gasteiger partial charge in [-0.15, -0.1) is 0 Å². The summed E-state index contributed by atoms with van der Waals surface area (Å²) in [4.78, 5) is 0. The molecule has 0 saturated carbocycles. The van der Waals surface area contributed by atoms with Gasteiger partial charge in [-0.05, 0) is 38.2 Å². The Kier molecular flexibility index (Phi) is 4.86. The van der Waals surface area contributed by atoms with Crippen LogP contribution in [0.2, 0.25) is 0 Å². The first-order valence-electron chi connectivity index (χ1n) is 7.37. The number of rotatable bonds is 6. The molecule has 1 aliphatic rings. The summed E-state index contributed by atoms with van der Waals surface area (Å²) in [6.45, 7) is 4.89. The first kappa shape index (κ1) is 15.5. The summed E-state index contributed by atoms with van der Waals surface area (Å²) in [5.41, 5.74) is 2.08. The van der Waals surface area contributed by atoms with Crippen molar-refractivity contribution in [2.45, 2.75) is 52.2 Å². The number of aliphatic hydroxyl groups excluding tert-OH is 1. The van der Waals surface area contributed by atoms with Gasteiger partial charge in [0.05, 0.1) is 23.3 Å². The number of hydrogen-bond acceptors (Lipinski definition) is 4. The van der Waals surface area contributed by atoms with E-state index in [1.54, 1.807) is 0 Å². The minimum absolute atomic E-state index is 0.110. The van der Waals surface area contributed by atoms with Crippen molar-refractivity contribution < 1.29 is 13.5 Å². The molecule has 1 N–H and O–H groups in total. The normalized spacial score (nSPS) is 23.1. The molecule has 2 rings (SSSR count). The summed E-state index contributed by atoms with van der Waals surface area (Å²) in [6.07, 6.45) is 2.20. The lowest BCUT2D eigenvalue weighted by Gasteiger charge is -2.15. The first-order valence-corrected chi connectivity index (χ1v) is 9.19. The number of aryl methyl sites for hydroxylation is 2. The second kappa shape index (κ2) is 6.26. The van der Waals surface area contributed by atoms with E-state index in [1.807, 2.05) is 17.7 Å². The zero-order valence-corrected chi connectivity index (χ0v) is 13.1. The molecule has 1 saturated heterocycles. The SMILES string of the molecule is CCc1cc(CC(O)CC2CCS(=O)(=O)C2)n(CC)n1. The summed E-state index contributed by atoms with van der Waals surface area (Å²) in [5.74, 6) is 0.618. The third kappa shape index (κ3) is 3.82. The van der Waals surface area contributed by atoms with Crippen LogP contribution in [0, 0.1) is 5.92 Å². The molecular formula is C14H24N2O3S. The first-order chi connectivity index (χ1) is 9.43. The summed E-state index contributed by atoms with van der Waals surface area (Å²) < 4.78 is 24.8. The molecule has 1 aromatic rings. The van der Waals surface area contributed by atoms with Crippen molar-refractivity contribution in [2.24, 2.45) is 5.92 Å². The van der Waals surface area contributed by atoms with E-state index in [2.05, 4.69) is 12.0 Å². The van der Waals surface area contributed by atoms with Gasteiger partial charge in [-0.3, -0.25) is 4.68 Å². The standard InChI is InChI=1S/C14H24N2O3S/c1-3-12-8-13(16(4-2)15-12)9-14(17)7-11-5-6-20(18,19)10-11/h8,11,14,17H,3-7,9-10H2,1-2H3. The quantitative estimate of drug-likeness (QED) is 0.856. The minimum atomic E-state index is -2.86. The number of nitrogens with zero attached hydrogens (tertiary/aromatic N) is 2. The highest BCUT2D eigenvalue weighted by molar-refractivity contribution is 7.91. The maximum atomic E-state index is 11.4. The molecule has 6 heteroatoms. The second-order valence-corrected chi connectivity index (χ2v) is 7.89. The van der Waals surface area contributed by atoms with Crippen molar-refractivity contribution >= 4 is 9.84 Å². The predicted octanol–water partition coefficient (Wildman–Crippen LogP) is 1.19. The van der Waals surface area contributed by atoms with Crippen LogP contribution in [0.25, 0.3) is 0 Å². The lowest BCUT2D eigenvalue weighted by molar-refractivity contribution is 0.144. The second-order valence-electron chi connectivity index (χ2n) is 5.66. The third-order valence-electron chi connectivity index (χ3n) is 3.95. The molecule has 114 valence electrons. The molecule has 2 unspecified atom stereocenters. The minimum Gasteiger partial charge on any atom is -0.393 e. The Bertz CT molecular complexity index is 551. The van der Waals surface area contributed by atoms with E-state index in [0.29, 0.717) is 19.3 Å². The van der Waals surface area contributed by atoms with E-state index in [0.717, 1.165) is 24.4 Å². The van der Waals surface area contributed by atoms with E-state index in [1.165, 1.54) is 0 Å². The van der Waals surface area contributed by atoms with Gasteiger partial charge in [-0.25, -0.2) is 8.42 Å². The number of hydrogen-bond donors (Lipinski definition) is 1. The van der Waals surface area contributed by atoms with Gasteiger partial charge in [0.15, 0.2) is 9.84 Å². The Morgan fingerprint density at radius 2 is 2.25 bits per heavy atom. The molecule has 0 radical (unpaired) electrons. The van der Waals surface area contributed by atoms with Crippen LogP contribution in [-0.4, -0.2) is 40.9 Å². The van der Waals surface area contributed by atoms with Crippen molar-refractivity contribution in [1.82, 2.24) is 9.78 Å². The molecule has 0 spiro atoms. The Balaban J connectivity index is 1.94. The smallest absolute Gasteiger partial charge is 0.150 e. The van der Waals surface area contributed by atoms with Gasteiger partial charge in [-0.2, -0.15) is 5.10 Å². The molecule has 2 atom stereocenters. The average Bonchev–Trinajstić information content (AvgIpc) is 2.92. The molecule has 0 bridgehead atoms. The zero-order chi connectivity index (χ0) is 14.8. The number of aliphatic hydroxyl groups is 1. The maximum Gasteiger partial charge on any atom is 0.150 e. The van der Waals surface area contributed by atoms with Gasteiger partial charge >= 0.3 is 0 Å². The maximum absolute atomic E-state index is 11.4. The monoisotopic (exact) mass is 300 g/mol. The molecule has 5 nitrogen and oxygen atoms in total. The molecule has 0 aromatic carbocycles. The van der Waals surface area contributed by atoms with Crippen LogP contribution in [0.5, 0.6) is 0 Å². The average molecular weight is 300 g/mol.